The van der Waals surface area contributed by atoms with Crippen LogP contribution in [0.25, 0.3) is 0 Å². The largest absolute Gasteiger partial charge is 0.341 e. The lowest BCUT2D eigenvalue weighted by Crippen LogP contribution is -2.45. The van der Waals surface area contributed by atoms with E-state index in [1.165, 1.54) is 14.1 Å². The van der Waals surface area contributed by atoms with Crippen LogP contribution in [-0.2, 0) is 9.59 Å². The normalized spacial score (nSPS) is 16.9. The Balaban J connectivity index is 0.982. The van der Waals surface area contributed by atoms with Crippen LogP contribution in [0.2, 0.25) is 0 Å². The highest BCUT2D eigenvalue weighted by molar-refractivity contribution is 5.89. The molecule has 2 saturated heterocycles. The van der Waals surface area contributed by atoms with Crippen LogP contribution in [-0.4, -0.2) is 80.8 Å². The number of aromatic nitrogens is 4. The van der Waals surface area contributed by atoms with Crippen LogP contribution in [0.4, 0.5) is 9.59 Å². The number of aromatic amines is 2. The van der Waals surface area contributed by atoms with Crippen molar-refractivity contribution in [2.24, 2.45) is 0 Å². The van der Waals surface area contributed by atoms with Gasteiger partial charge in [-0.15, -0.1) is 0 Å². The van der Waals surface area contributed by atoms with Gasteiger partial charge in [0.1, 0.15) is 35.1 Å². The summed E-state index contributed by atoms with van der Waals surface area (Å²) < 4.78 is 0. The van der Waals surface area contributed by atoms with Crippen LogP contribution in [0.1, 0.15) is 95.1 Å². The highest BCUT2D eigenvalue weighted by Crippen LogP contribution is 2.34. The molecular weight excluding hydrogens is 733 g/mol. The Labute approximate surface area is 336 Å². The number of nitrogens with zero attached hydrogens (tertiary/aromatic N) is 4. The maximum Gasteiger partial charge on any atom is 0.315 e. The Morgan fingerprint density at radius 2 is 1.00 bits per heavy atom. The van der Waals surface area contributed by atoms with Crippen molar-refractivity contribution in [2.75, 3.05) is 27.2 Å². The van der Waals surface area contributed by atoms with E-state index in [1.807, 2.05) is 84.9 Å². The minimum absolute atomic E-state index is 0.199. The van der Waals surface area contributed by atoms with Crippen molar-refractivity contribution in [3.63, 3.8) is 0 Å². The van der Waals surface area contributed by atoms with Crippen molar-refractivity contribution in [2.45, 2.75) is 49.9 Å². The number of rotatable bonds is 8. The molecule has 58 heavy (non-hydrogen) atoms. The minimum atomic E-state index is -0.833. The van der Waals surface area contributed by atoms with Gasteiger partial charge in [-0.1, -0.05) is 72.5 Å². The average molecular weight is 777 g/mol. The number of imidazole rings is 2. The van der Waals surface area contributed by atoms with Gasteiger partial charge >= 0.3 is 12.1 Å². The highest BCUT2D eigenvalue weighted by atomic mass is 16.2. The van der Waals surface area contributed by atoms with Gasteiger partial charge in [-0.05, 0) is 72.9 Å². The second kappa shape index (κ2) is 18.1. The smallest absolute Gasteiger partial charge is 0.315 e. The summed E-state index contributed by atoms with van der Waals surface area (Å²) in [6, 6.07) is 22.9. The Morgan fingerprint density at radius 3 is 1.38 bits per heavy atom. The number of H-pyrrole nitrogens is 2. The zero-order valence-corrected chi connectivity index (χ0v) is 32.2. The zero-order chi connectivity index (χ0) is 40.4. The Hall–Kier alpha value is -7.32. The highest BCUT2D eigenvalue weighted by Gasteiger charge is 2.38. The van der Waals surface area contributed by atoms with E-state index in [9.17, 15) is 19.2 Å². The number of benzene rings is 3. The van der Waals surface area contributed by atoms with Gasteiger partial charge in [0.2, 0.25) is 11.8 Å². The summed E-state index contributed by atoms with van der Waals surface area (Å²) in [6.07, 6.45) is 6.44. The number of urea groups is 2. The second-order valence-corrected chi connectivity index (χ2v) is 14.0. The first-order valence-electron chi connectivity index (χ1n) is 19.2. The summed E-state index contributed by atoms with van der Waals surface area (Å²) in [7, 11) is 3.03. The molecule has 6 amide bonds. The molecule has 0 bridgehead atoms. The first kappa shape index (κ1) is 38.9. The molecule has 294 valence electrons. The number of hydrogen-bond donors (Lipinski definition) is 6. The molecule has 2 aromatic heterocycles. The number of hydrogen-bond acceptors (Lipinski definition) is 6. The van der Waals surface area contributed by atoms with Crippen LogP contribution >= 0.6 is 0 Å². The number of likely N-dealkylation sites (tertiary alicyclic amines) is 2. The van der Waals surface area contributed by atoms with Crippen LogP contribution in [0.15, 0.2) is 97.3 Å². The monoisotopic (exact) mass is 776 g/mol. The van der Waals surface area contributed by atoms with Crippen molar-refractivity contribution < 1.29 is 19.2 Å². The summed E-state index contributed by atoms with van der Waals surface area (Å²) in [6.45, 7) is 1.10. The van der Waals surface area contributed by atoms with E-state index in [1.54, 1.807) is 22.2 Å². The molecule has 0 spiro atoms. The first-order chi connectivity index (χ1) is 28.3. The molecule has 0 unspecified atom stereocenters. The van der Waals surface area contributed by atoms with Crippen LogP contribution in [0.5, 0.6) is 0 Å². The lowest BCUT2D eigenvalue weighted by atomic mass is 10.0. The van der Waals surface area contributed by atoms with E-state index in [-0.39, 0.29) is 23.9 Å². The van der Waals surface area contributed by atoms with Gasteiger partial charge in [-0.2, -0.15) is 0 Å². The molecule has 14 nitrogen and oxygen atoms in total. The molecule has 0 aliphatic carbocycles. The molecule has 4 heterocycles. The van der Waals surface area contributed by atoms with Crippen molar-refractivity contribution in [1.29, 1.82) is 0 Å². The molecule has 2 fully saturated rings. The van der Waals surface area contributed by atoms with E-state index < -0.39 is 24.1 Å². The maximum absolute atomic E-state index is 13.8. The van der Waals surface area contributed by atoms with E-state index in [0.29, 0.717) is 47.3 Å². The van der Waals surface area contributed by atoms with Gasteiger partial charge < -0.3 is 41.0 Å². The SMILES string of the molecule is CNC(=O)N[C@@H](C(=O)N1CCC[C@H]1c1ncc(C#Cc2ccc(C#Cc3cnc([C@@H]4CCCN4C(=O)[C@H](NC(=O)NC)c4ccccc4)[nH]3)cc2)[nH]1)c1ccccc1. The molecule has 6 N–H and O–H groups in total. The first-order valence-corrected chi connectivity index (χ1v) is 19.2. The zero-order valence-electron chi connectivity index (χ0n) is 32.2. The number of nitrogens with one attached hydrogen (secondary N) is 6. The van der Waals surface area contributed by atoms with E-state index >= 15 is 0 Å². The predicted octanol–water partition coefficient (Wildman–Crippen LogP) is 4.60. The standard InChI is InChI=1S/C44H44N10O4/c1-45-43(57)51-37(31-11-5-3-6-12-31)41(55)53-25-9-15-35(53)39-47-27-33(49-39)23-21-29-17-19-30(20-18-29)22-24-34-28-48-40(50-34)36-16-10-26-54(36)42(56)38(52-44(58)46-2)32-13-7-4-8-14-32/h3-8,11-14,17-20,27-28,35-38H,9-10,15-16,25-26H2,1-2H3,(H,47,49)(H,48,50)(H2,45,51,57)(H2,46,52,58)/t35-,36-,37+,38+/m0/s1. The fraction of sp³-hybridized carbons (Fsp3) is 0.273. The fourth-order valence-electron chi connectivity index (χ4n) is 7.29. The van der Waals surface area contributed by atoms with Gasteiger partial charge in [0.15, 0.2) is 0 Å². The van der Waals surface area contributed by atoms with Gasteiger partial charge in [0.05, 0.1) is 24.5 Å². The Morgan fingerprint density at radius 1 is 0.603 bits per heavy atom. The molecule has 4 atom stereocenters. The minimum Gasteiger partial charge on any atom is -0.341 e. The third kappa shape index (κ3) is 9.03. The van der Waals surface area contributed by atoms with Crippen molar-refractivity contribution in [3.8, 4) is 23.7 Å². The summed E-state index contributed by atoms with van der Waals surface area (Å²) in [5.41, 5.74) is 4.23. The number of carbonyl (C=O) groups is 4. The van der Waals surface area contributed by atoms with E-state index in [4.69, 9.17) is 0 Å². The lowest BCUT2D eigenvalue weighted by Gasteiger charge is -2.28. The summed E-state index contributed by atoms with van der Waals surface area (Å²) in [5.74, 6) is 13.5. The molecule has 0 radical (unpaired) electrons. The maximum atomic E-state index is 13.8. The Bertz CT molecular complexity index is 2200. The van der Waals surface area contributed by atoms with Gasteiger partial charge in [-0.25, -0.2) is 19.6 Å². The van der Waals surface area contributed by atoms with Gasteiger partial charge in [0, 0.05) is 38.3 Å². The third-order valence-electron chi connectivity index (χ3n) is 10.2. The predicted molar refractivity (Wildman–Crippen MR) is 217 cm³/mol. The van der Waals surface area contributed by atoms with Gasteiger partial charge in [-0.3, -0.25) is 9.59 Å². The molecule has 2 aliphatic heterocycles. The van der Waals surface area contributed by atoms with Gasteiger partial charge in [0.25, 0.3) is 0 Å². The van der Waals surface area contributed by atoms with Crippen LogP contribution in [0.3, 0.4) is 0 Å². The molecule has 5 aromatic rings. The van der Waals surface area contributed by atoms with Crippen LogP contribution < -0.4 is 21.3 Å². The second-order valence-electron chi connectivity index (χ2n) is 14.0. The Kier molecular flexibility index (Phi) is 12.1. The van der Waals surface area contributed by atoms with E-state index in [2.05, 4.69) is 64.9 Å². The molecule has 0 saturated carbocycles. The molecular formula is C44H44N10O4. The quantitative estimate of drug-likeness (QED) is 0.125. The molecule has 3 aromatic carbocycles. The molecule has 2 aliphatic rings. The van der Waals surface area contributed by atoms with Crippen molar-refractivity contribution >= 4 is 23.9 Å². The fourth-order valence-corrected chi connectivity index (χ4v) is 7.29. The third-order valence-corrected chi connectivity index (χ3v) is 10.2. The van der Waals surface area contributed by atoms with Crippen LogP contribution in [0, 0.1) is 23.7 Å². The number of carbonyl (C=O) groups excluding carboxylic acids is 4. The summed E-state index contributed by atoms with van der Waals surface area (Å²) >= 11 is 0. The lowest BCUT2D eigenvalue weighted by molar-refractivity contribution is -0.135. The number of amides is 6. The van der Waals surface area contributed by atoms with Crippen molar-refractivity contribution in [3.05, 3.63) is 143 Å². The summed E-state index contributed by atoms with van der Waals surface area (Å²) in [5, 5.41) is 10.7. The van der Waals surface area contributed by atoms with E-state index in [0.717, 1.165) is 36.8 Å². The van der Waals surface area contributed by atoms with Crippen molar-refractivity contribution in [1.82, 2.24) is 51.0 Å². The molecule has 14 heteroatoms. The average Bonchev–Trinajstić information content (AvgIpc) is 4.11. The topological polar surface area (TPSA) is 180 Å². The molecule has 7 rings (SSSR count). The summed E-state index contributed by atoms with van der Waals surface area (Å²) in [4.78, 5) is 71.4.